The van der Waals surface area contributed by atoms with Gasteiger partial charge in [0.25, 0.3) is 0 Å². The normalized spacial score (nSPS) is 17.8. The number of hydrogen-bond acceptors (Lipinski definition) is 4. The van der Waals surface area contributed by atoms with Gasteiger partial charge in [-0.25, -0.2) is 0 Å². The van der Waals surface area contributed by atoms with Crippen LogP contribution in [0.4, 0.5) is 0 Å². The fourth-order valence-electron chi connectivity index (χ4n) is 2.79. The van der Waals surface area contributed by atoms with Crippen LogP contribution in [-0.2, 0) is 20.1 Å². The Morgan fingerprint density at radius 3 is 3.10 bits per heavy atom. The summed E-state index contributed by atoms with van der Waals surface area (Å²) in [6.07, 6.45) is 5.47. The SMILES string of the molecule is CNC1CCCc2ccc(OCc3cn(C)nn3)cc21. The molecule has 1 heterocycles. The minimum atomic E-state index is 0.443. The first-order valence-corrected chi connectivity index (χ1v) is 7.04. The molecule has 1 aromatic heterocycles. The van der Waals surface area contributed by atoms with Gasteiger partial charge in [0.05, 0.1) is 6.20 Å². The van der Waals surface area contributed by atoms with E-state index in [9.17, 15) is 0 Å². The van der Waals surface area contributed by atoms with Crippen LogP contribution in [0.2, 0.25) is 0 Å². The van der Waals surface area contributed by atoms with E-state index >= 15 is 0 Å². The third-order valence-corrected chi connectivity index (χ3v) is 3.82. The Hall–Kier alpha value is -1.88. The highest BCUT2D eigenvalue weighted by molar-refractivity contribution is 5.39. The highest BCUT2D eigenvalue weighted by atomic mass is 16.5. The maximum absolute atomic E-state index is 5.82. The topological polar surface area (TPSA) is 52.0 Å². The van der Waals surface area contributed by atoms with Crippen molar-refractivity contribution in [3.8, 4) is 5.75 Å². The molecule has 0 fully saturated rings. The van der Waals surface area contributed by atoms with Crippen molar-refractivity contribution in [1.82, 2.24) is 20.3 Å². The average Bonchev–Trinajstić information content (AvgIpc) is 2.90. The molecule has 1 atom stereocenters. The number of nitrogens with zero attached hydrogens (tertiary/aromatic N) is 3. The third-order valence-electron chi connectivity index (χ3n) is 3.82. The molecule has 1 unspecified atom stereocenters. The molecule has 0 saturated heterocycles. The Kier molecular flexibility index (Phi) is 3.69. The summed E-state index contributed by atoms with van der Waals surface area (Å²) < 4.78 is 7.50. The molecule has 0 aliphatic heterocycles. The highest BCUT2D eigenvalue weighted by Gasteiger charge is 2.19. The minimum Gasteiger partial charge on any atom is -0.487 e. The lowest BCUT2D eigenvalue weighted by Crippen LogP contribution is -2.21. The summed E-state index contributed by atoms with van der Waals surface area (Å²) in [6, 6.07) is 6.84. The summed E-state index contributed by atoms with van der Waals surface area (Å²) in [7, 11) is 3.87. The van der Waals surface area contributed by atoms with E-state index in [2.05, 4.69) is 27.8 Å². The zero-order chi connectivity index (χ0) is 13.9. The van der Waals surface area contributed by atoms with Gasteiger partial charge < -0.3 is 10.1 Å². The van der Waals surface area contributed by atoms with Crippen molar-refractivity contribution in [3.63, 3.8) is 0 Å². The lowest BCUT2D eigenvalue weighted by atomic mass is 9.87. The van der Waals surface area contributed by atoms with Crippen LogP contribution in [-0.4, -0.2) is 22.0 Å². The monoisotopic (exact) mass is 272 g/mol. The second-order valence-corrected chi connectivity index (χ2v) is 5.27. The smallest absolute Gasteiger partial charge is 0.134 e. The Bertz CT molecular complexity index is 593. The Balaban J connectivity index is 1.74. The Labute approximate surface area is 118 Å². The second-order valence-electron chi connectivity index (χ2n) is 5.27. The van der Waals surface area contributed by atoms with Gasteiger partial charge in [0.2, 0.25) is 0 Å². The van der Waals surface area contributed by atoms with Crippen LogP contribution >= 0.6 is 0 Å². The third kappa shape index (κ3) is 2.67. The first-order valence-electron chi connectivity index (χ1n) is 7.04. The Morgan fingerprint density at radius 2 is 2.35 bits per heavy atom. The number of nitrogens with one attached hydrogen (secondary N) is 1. The largest absolute Gasteiger partial charge is 0.487 e. The average molecular weight is 272 g/mol. The van der Waals surface area contributed by atoms with E-state index in [-0.39, 0.29) is 0 Å². The quantitative estimate of drug-likeness (QED) is 0.925. The summed E-state index contributed by atoms with van der Waals surface area (Å²) in [5.74, 6) is 0.900. The summed E-state index contributed by atoms with van der Waals surface area (Å²) in [6.45, 7) is 0.455. The van der Waals surface area contributed by atoms with Gasteiger partial charge in [-0.3, -0.25) is 4.68 Å². The molecule has 1 aromatic carbocycles. The molecule has 1 aliphatic rings. The second kappa shape index (κ2) is 5.63. The van der Waals surface area contributed by atoms with Crippen LogP contribution in [0.1, 0.15) is 35.7 Å². The van der Waals surface area contributed by atoms with Crippen LogP contribution in [0.25, 0.3) is 0 Å². The predicted molar refractivity (Wildman–Crippen MR) is 76.5 cm³/mol. The molecule has 0 radical (unpaired) electrons. The molecule has 5 nitrogen and oxygen atoms in total. The van der Waals surface area contributed by atoms with E-state index < -0.39 is 0 Å². The summed E-state index contributed by atoms with van der Waals surface area (Å²) in [5, 5.41) is 11.3. The lowest BCUT2D eigenvalue weighted by Gasteiger charge is -2.25. The molecule has 20 heavy (non-hydrogen) atoms. The van der Waals surface area contributed by atoms with Crippen molar-refractivity contribution in [2.45, 2.75) is 31.9 Å². The van der Waals surface area contributed by atoms with Crippen LogP contribution in [0, 0.1) is 0 Å². The van der Waals surface area contributed by atoms with Gasteiger partial charge in [0.15, 0.2) is 0 Å². The number of aromatic nitrogens is 3. The lowest BCUT2D eigenvalue weighted by molar-refractivity contribution is 0.300. The zero-order valence-corrected chi connectivity index (χ0v) is 12.0. The summed E-state index contributed by atoms with van der Waals surface area (Å²) >= 11 is 0. The van der Waals surface area contributed by atoms with Gasteiger partial charge in [-0.05, 0) is 49.6 Å². The van der Waals surface area contributed by atoms with Crippen LogP contribution in [0.15, 0.2) is 24.4 Å². The molecule has 5 heteroatoms. The minimum absolute atomic E-state index is 0.443. The van der Waals surface area contributed by atoms with Crippen LogP contribution < -0.4 is 10.1 Å². The van der Waals surface area contributed by atoms with Crippen molar-refractivity contribution in [1.29, 1.82) is 0 Å². The number of ether oxygens (including phenoxy) is 1. The van der Waals surface area contributed by atoms with Crippen molar-refractivity contribution >= 4 is 0 Å². The molecule has 3 rings (SSSR count). The van der Waals surface area contributed by atoms with E-state index in [0.29, 0.717) is 12.6 Å². The van der Waals surface area contributed by atoms with E-state index in [4.69, 9.17) is 4.74 Å². The first-order chi connectivity index (χ1) is 9.76. The Morgan fingerprint density at radius 1 is 1.45 bits per heavy atom. The summed E-state index contributed by atoms with van der Waals surface area (Å²) in [4.78, 5) is 0. The zero-order valence-electron chi connectivity index (χ0n) is 12.0. The summed E-state index contributed by atoms with van der Waals surface area (Å²) in [5.41, 5.74) is 3.65. The van der Waals surface area contributed by atoms with E-state index in [1.165, 1.54) is 24.0 Å². The van der Waals surface area contributed by atoms with Gasteiger partial charge in [0.1, 0.15) is 18.1 Å². The van der Waals surface area contributed by atoms with Crippen molar-refractivity contribution in [3.05, 3.63) is 41.2 Å². The molecule has 106 valence electrons. The number of aryl methyl sites for hydroxylation is 2. The van der Waals surface area contributed by atoms with Gasteiger partial charge in [-0.2, -0.15) is 0 Å². The van der Waals surface area contributed by atoms with Crippen LogP contribution in [0.3, 0.4) is 0 Å². The van der Waals surface area contributed by atoms with Crippen molar-refractivity contribution in [2.75, 3.05) is 7.05 Å². The molecule has 1 N–H and O–H groups in total. The van der Waals surface area contributed by atoms with Crippen molar-refractivity contribution in [2.24, 2.45) is 7.05 Å². The van der Waals surface area contributed by atoms with Crippen LogP contribution in [0.5, 0.6) is 5.75 Å². The van der Waals surface area contributed by atoms with Crippen molar-refractivity contribution < 1.29 is 4.74 Å². The van der Waals surface area contributed by atoms with E-state index in [1.807, 2.05) is 26.4 Å². The highest BCUT2D eigenvalue weighted by Crippen LogP contribution is 2.32. The predicted octanol–water partition coefficient (Wildman–Crippen LogP) is 1.99. The van der Waals surface area contributed by atoms with E-state index in [0.717, 1.165) is 17.9 Å². The molecule has 0 saturated carbocycles. The standard InChI is InChI=1S/C15H20N4O/c1-16-15-5-3-4-11-6-7-13(8-14(11)15)20-10-12-9-19(2)18-17-12/h6-9,15-16H,3-5,10H2,1-2H3. The first kappa shape index (κ1) is 13.1. The maximum atomic E-state index is 5.82. The molecule has 1 aliphatic carbocycles. The van der Waals surface area contributed by atoms with Gasteiger partial charge >= 0.3 is 0 Å². The maximum Gasteiger partial charge on any atom is 0.134 e. The van der Waals surface area contributed by atoms with Gasteiger partial charge in [-0.1, -0.05) is 11.3 Å². The number of rotatable bonds is 4. The number of benzene rings is 1. The molecule has 0 spiro atoms. The molecule has 2 aromatic rings. The molecule has 0 amide bonds. The number of fused-ring (bicyclic) bond motifs is 1. The molecular weight excluding hydrogens is 252 g/mol. The fraction of sp³-hybridized carbons (Fsp3) is 0.467. The molecule has 0 bridgehead atoms. The fourth-order valence-corrected chi connectivity index (χ4v) is 2.79. The molecular formula is C15H20N4O. The van der Waals surface area contributed by atoms with Gasteiger partial charge in [0, 0.05) is 13.1 Å². The van der Waals surface area contributed by atoms with E-state index in [1.54, 1.807) is 4.68 Å². The van der Waals surface area contributed by atoms with Gasteiger partial charge in [-0.15, -0.1) is 5.10 Å². The number of hydrogen-bond donors (Lipinski definition) is 1.